The standard InChI is InChI=1S/C17H15Cl2N3O3/c18-9-1-2-11-12(5-9)17(25)22-14-7-10(19)6-13(16(11)14)21-15(24)8-20-3-4-23/h1-2,5-7,20,23H,3-4,8H2,(H,21,24)(H,22,25). The molecule has 0 saturated carbocycles. The maximum atomic E-state index is 12.3. The SMILES string of the molecule is O=C(CNCCO)Nc1cc(Cl)cc2[nH]c(=O)c3cc(Cl)ccc3c12. The number of hydrogen-bond donors (Lipinski definition) is 4. The number of hydrogen-bond acceptors (Lipinski definition) is 4. The van der Waals surface area contributed by atoms with Crippen molar-refractivity contribution in [2.45, 2.75) is 0 Å². The Morgan fingerprint density at radius 2 is 1.92 bits per heavy atom. The highest BCUT2D eigenvalue weighted by Gasteiger charge is 2.13. The average molecular weight is 380 g/mol. The molecule has 4 N–H and O–H groups in total. The predicted octanol–water partition coefficient (Wildman–Crippen LogP) is 2.51. The van der Waals surface area contributed by atoms with Gasteiger partial charge in [-0.2, -0.15) is 0 Å². The number of nitrogens with one attached hydrogen (secondary N) is 3. The van der Waals surface area contributed by atoms with E-state index in [0.29, 0.717) is 44.0 Å². The summed E-state index contributed by atoms with van der Waals surface area (Å²) in [4.78, 5) is 27.2. The number of carbonyl (C=O) groups excluding carboxylic acids is 1. The van der Waals surface area contributed by atoms with Crippen LogP contribution in [0.4, 0.5) is 5.69 Å². The maximum absolute atomic E-state index is 12.3. The number of aliphatic hydroxyl groups is 1. The van der Waals surface area contributed by atoms with Crippen molar-refractivity contribution in [3.05, 3.63) is 50.7 Å². The fourth-order valence-corrected chi connectivity index (χ4v) is 3.07. The van der Waals surface area contributed by atoms with Gasteiger partial charge in [-0.1, -0.05) is 29.3 Å². The van der Waals surface area contributed by atoms with Crippen molar-refractivity contribution in [2.24, 2.45) is 0 Å². The van der Waals surface area contributed by atoms with Crippen LogP contribution in [0.5, 0.6) is 0 Å². The summed E-state index contributed by atoms with van der Waals surface area (Å²) in [6.07, 6.45) is 0. The van der Waals surface area contributed by atoms with Crippen molar-refractivity contribution in [2.75, 3.05) is 25.0 Å². The molecule has 6 nitrogen and oxygen atoms in total. The number of benzene rings is 2. The van der Waals surface area contributed by atoms with Gasteiger partial charge in [-0.25, -0.2) is 0 Å². The van der Waals surface area contributed by atoms with Gasteiger partial charge in [0.2, 0.25) is 5.91 Å². The van der Waals surface area contributed by atoms with Gasteiger partial charge in [0, 0.05) is 27.4 Å². The van der Waals surface area contributed by atoms with E-state index in [2.05, 4.69) is 15.6 Å². The van der Waals surface area contributed by atoms with Crippen LogP contribution in [0.1, 0.15) is 0 Å². The van der Waals surface area contributed by atoms with Crippen LogP contribution in [0.2, 0.25) is 10.0 Å². The molecule has 8 heteroatoms. The second-order valence-corrected chi connectivity index (χ2v) is 6.34. The van der Waals surface area contributed by atoms with Crippen molar-refractivity contribution in [1.29, 1.82) is 0 Å². The van der Waals surface area contributed by atoms with E-state index in [1.54, 1.807) is 30.3 Å². The van der Waals surface area contributed by atoms with Crippen LogP contribution in [-0.4, -0.2) is 35.7 Å². The molecule has 1 aromatic heterocycles. The van der Waals surface area contributed by atoms with Gasteiger partial charge in [-0.15, -0.1) is 0 Å². The summed E-state index contributed by atoms with van der Waals surface area (Å²) in [5.74, 6) is -0.287. The van der Waals surface area contributed by atoms with Crippen LogP contribution in [0.25, 0.3) is 21.7 Å². The minimum absolute atomic E-state index is 0.0433. The van der Waals surface area contributed by atoms with Crippen LogP contribution >= 0.6 is 23.2 Å². The molecular weight excluding hydrogens is 365 g/mol. The Morgan fingerprint density at radius 3 is 2.68 bits per heavy atom. The lowest BCUT2D eigenvalue weighted by Crippen LogP contribution is -2.30. The zero-order valence-corrected chi connectivity index (χ0v) is 14.5. The Morgan fingerprint density at radius 1 is 1.12 bits per heavy atom. The fourth-order valence-electron chi connectivity index (χ4n) is 2.68. The van der Waals surface area contributed by atoms with Crippen molar-refractivity contribution in [3.63, 3.8) is 0 Å². The van der Waals surface area contributed by atoms with Crippen LogP contribution in [0, 0.1) is 0 Å². The van der Waals surface area contributed by atoms with Crippen molar-refractivity contribution in [3.8, 4) is 0 Å². The molecule has 2 aromatic carbocycles. The zero-order chi connectivity index (χ0) is 18.0. The van der Waals surface area contributed by atoms with Gasteiger partial charge >= 0.3 is 0 Å². The number of rotatable bonds is 5. The first kappa shape index (κ1) is 17.7. The Labute approximate surface area is 152 Å². The smallest absolute Gasteiger partial charge is 0.256 e. The van der Waals surface area contributed by atoms with Crippen LogP contribution in [-0.2, 0) is 4.79 Å². The van der Waals surface area contributed by atoms with E-state index in [4.69, 9.17) is 28.3 Å². The van der Waals surface area contributed by atoms with Gasteiger partial charge in [0.05, 0.1) is 24.4 Å². The lowest BCUT2D eigenvalue weighted by Gasteiger charge is -2.12. The summed E-state index contributed by atoms with van der Waals surface area (Å²) >= 11 is 12.1. The molecule has 0 radical (unpaired) electrons. The van der Waals surface area contributed by atoms with E-state index in [0.717, 1.165) is 0 Å². The molecule has 0 saturated heterocycles. The van der Waals surface area contributed by atoms with Gasteiger partial charge in [-0.3, -0.25) is 9.59 Å². The van der Waals surface area contributed by atoms with Crippen molar-refractivity contribution >= 4 is 56.5 Å². The zero-order valence-electron chi connectivity index (χ0n) is 13.0. The molecule has 0 aliphatic rings. The second kappa shape index (κ2) is 7.41. The minimum atomic E-state index is -0.287. The molecule has 0 fully saturated rings. The third-order valence-electron chi connectivity index (χ3n) is 3.70. The lowest BCUT2D eigenvalue weighted by atomic mass is 10.0. The van der Waals surface area contributed by atoms with E-state index in [1.165, 1.54) is 0 Å². The first-order chi connectivity index (χ1) is 12.0. The lowest BCUT2D eigenvalue weighted by molar-refractivity contribution is -0.115. The number of H-pyrrole nitrogens is 1. The van der Waals surface area contributed by atoms with E-state index in [1.807, 2.05) is 0 Å². The normalized spacial score (nSPS) is 11.2. The average Bonchev–Trinajstić information content (AvgIpc) is 2.55. The first-order valence-corrected chi connectivity index (χ1v) is 8.31. The topological polar surface area (TPSA) is 94.2 Å². The molecule has 3 aromatic rings. The van der Waals surface area contributed by atoms with Gasteiger partial charge < -0.3 is 20.7 Å². The number of halogens is 2. The number of aromatic nitrogens is 1. The number of carbonyl (C=O) groups is 1. The molecule has 0 aliphatic heterocycles. The minimum Gasteiger partial charge on any atom is -0.395 e. The fraction of sp³-hybridized carbons (Fsp3) is 0.176. The number of aromatic amines is 1. The third-order valence-corrected chi connectivity index (χ3v) is 4.15. The van der Waals surface area contributed by atoms with E-state index >= 15 is 0 Å². The molecule has 25 heavy (non-hydrogen) atoms. The Bertz CT molecular complexity index is 1020. The highest BCUT2D eigenvalue weighted by molar-refractivity contribution is 6.33. The molecule has 0 spiro atoms. The quantitative estimate of drug-likeness (QED) is 0.404. The second-order valence-electron chi connectivity index (χ2n) is 5.47. The summed E-state index contributed by atoms with van der Waals surface area (Å²) in [6, 6.07) is 8.26. The summed E-state index contributed by atoms with van der Waals surface area (Å²) in [6.45, 7) is 0.306. The number of fused-ring (bicyclic) bond motifs is 3. The van der Waals surface area contributed by atoms with E-state index in [-0.39, 0.29) is 24.6 Å². The number of aliphatic hydroxyl groups excluding tert-OH is 1. The van der Waals surface area contributed by atoms with Crippen LogP contribution in [0.15, 0.2) is 35.1 Å². The highest BCUT2D eigenvalue weighted by atomic mass is 35.5. The summed E-state index contributed by atoms with van der Waals surface area (Å²) in [5.41, 5.74) is 0.724. The maximum Gasteiger partial charge on any atom is 0.256 e. The van der Waals surface area contributed by atoms with Crippen molar-refractivity contribution in [1.82, 2.24) is 10.3 Å². The molecule has 1 heterocycles. The molecule has 3 rings (SSSR count). The molecule has 1 amide bonds. The molecule has 0 unspecified atom stereocenters. The molecule has 0 aliphatic carbocycles. The van der Waals surface area contributed by atoms with E-state index in [9.17, 15) is 9.59 Å². The monoisotopic (exact) mass is 379 g/mol. The van der Waals surface area contributed by atoms with Gasteiger partial charge in [0.25, 0.3) is 5.56 Å². The van der Waals surface area contributed by atoms with Gasteiger partial charge in [0.1, 0.15) is 0 Å². The van der Waals surface area contributed by atoms with Gasteiger partial charge in [0.15, 0.2) is 0 Å². The molecule has 0 atom stereocenters. The summed E-state index contributed by atoms with van der Waals surface area (Å²) in [7, 11) is 0. The van der Waals surface area contributed by atoms with Crippen LogP contribution in [0.3, 0.4) is 0 Å². The van der Waals surface area contributed by atoms with Crippen molar-refractivity contribution < 1.29 is 9.90 Å². The third kappa shape index (κ3) is 3.77. The number of amides is 1. The highest BCUT2D eigenvalue weighted by Crippen LogP contribution is 2.32. The first-order valence-electron chi connectivity index (χ1n) is 7.56. The number of anilines is 1. The Balaban J connectivity index is 2.14. The summed E-state index contributed by atoms with van der Waals surface area (Å²) in [5, 5.41) is 16.9. The number of pyridine rings is 1. The van der Waals surface area contributed by atoms with Crippen LogP contribution < -0.4 is 16.2 Å². The Kier molecular flexibility index (Phi) is 5.24. The van der Waals surface area contributed by atoms with Gasteiger partial charge in [-0.05, 0) is 29.7 Å². The largest absolute Gasteiger partial charge is 0.395 e. The molecular formula is C17H15Cl2N3O3. The molecule has 130 valence electrons. The Hall–Kier alpha value is -2.12. The predicted molar refractivity (Wildman–Crippen MR) is 101 cm³/mol. The molecule has 0 bridgehead atoms. The summed E-state index contributed by atoms with van der Waals surface area (Å²) < 4.78 is 0. The van der Waals surface area contributed by atoms with E-state index < -0.39 is 0 Å².